The summed E-state index contributed by atoms with van der Waals surface area (Å²) < 4.78 is 0. The molecule has 0 amide bonds. The number of rotatable bonds is 4. The second-order valence-corrected chi connectivity index (χ2v) is 5.98. The van der Waals surface area contributed by atoms with Crippen molar-refractivity contribution in [3.05, 3.63) is 35.4 Å². The van der Waals surface area contributed by atoms with Gasteiger partial charge in [-0.1, -0.05) is 63.8 Å². The molecule has 2 unspecified atom stereocenters. The first kappa shape index (κ1) is 13.6. The SMILES string of the molecule is CCCc1cccc(C2(N)CCCC(CC)C2)c1. The van der Waals surface area contributed by atoms with Crippen LogP contribution in [0.15, 0.2) is 24.3 Å². The van der Waals surface area contributed by atoms with Crippen LogP contribution in [0.5, 0.6) is 0 Å². The van der Waals surface area contributed by atoms with Gasteiger partial charge < -0.3 is 5.73 Å². The van der Waals surface area contributed by atoms with Gasteiger partial charge in [0.25, 0.3) is 0 Å². The van der Waals surface area contributed by atoms with Crippen LogP contribution in [-0.4, -0.2) is 0 Å². The van der Waals surface area contributed by atoms with Crippen molar-refractivity contribution in [1.82, 2.24) is 0 Å². The third kappa shape index (κ3) is 2.95. The van der Waals surface area contributed by atoms with Crippen LogP contribution in [0.25, 0.3) is 0 Å². The van der Waals surface area contributed by atoms with E-state index in [2.05, 4.69) is 38.1 Å². The van der Waals surface area contributed by atoms with Gasteiger partial charge in [-0.3, -0.25) is 0 Å². The fraction of sp³-hybridized carbons (Fsp3) is 0.647. The van der Waals surface area contributed by atoms with Gasteiger partial charge in [0.05, 0.1) is 0 Å². The van der Waals surface area contributed by atoms with E-state index < -0.39 is 0 Å². The first-order valence-corrected chi connectivity index (χ1v) is 7.56. The number of hydrogen-bond donors (Lipinski definition) is 1. The molecule has 1 aromatic carbocycles. The largest absolute Gasteiger partial charge is 0.321 e. The van der Waals surface area contributed by atoms with E-state index in [9.17, 15) is 0 Å². The minimum atomic E-state index is -0.0668. The molecule has 1 aliphatic rings. The van der Waals surface area contributed by atoms with Crippen LogP contribution >= 0.6 is 0 Å². The lowest BCUT2D eigenvalue weighted by Crippen LogP contribution is -2.41. The molecule has 0 saturated heterocycles. The highest BCUT2D eigenvalue weighted by Gasteiger charge is 2.33. The Morgan fingerprint density at radius 3 is 2.89 bits per heavy atom. The highest BCUT2D eigenvalue weighted by Crippen LogP contribution is 2.39. The third-order valence-electron chi connectivity index (χ3n) is 4.51. The Kier molecular flexibility index (Phi) is 4.45. The van der Waals surface area contributed by atoms with Gasteiger partial charge in [0.15, 0.2) is 0 Å². The summed E-state index contributed by atoms with van der Waals surface area (Å²) >= 11 is 0. The van der Waals surface area contributed by atoms with Crippen molar-refractivity contribution in [3.63, 3.8) is 0 Å². The van der Waals surface area contributed by atoms with Gasteiger partial charge in [0.2, 0.25) is 0 Å². The lowest BCUT2D eigenvalue weighted by Gasteiger charge is -2.38. The zero-order valence-electron chi connectivity index (χ0n) is 11.9. The molecule has 2 atom stereocenters. The topological polar surface area (TPSA) is 26.0 Å². The summed E-state index contributed by atoms with van der Waals surface area (Å²) in [7, 11) is 0. The Balaban J connectivity index is 2.20. The lowest BCUT2D eigenvalue weighted by atomic mass is 9.71. The fourth-order valence-corrected chi connectivity index (χ4v) is 3.36. The summed E-state index contributed by atoms with van der Waals surface area (Å²) in [5.41, 5.74) is 9.45. The number of aryl methyl sites for hydroxylation is 1. The molecule has 0 aliphatic heterocycles. The van der Waals surface area contributed by atoms with Gasteiger partial charge in [0.1, 0.15) is 0 Å². The second-order valence-electron chi connectivity index (χ2n) is 5.98. The molecule has 1 aliphatic carbocycles. The van der Waals surface area contributed by atoms with Crippen molar-refractivity contribution in [2.45, 2.75) is 64.3 Å². The molecule has 1 aromatic rings. The molecule has 0 spiro atoms. The minimum Gasteiger partial charge on any atom is -0.321 e. The summed E-state index contributed by atoms with van der Waals surface area (Å²) in [4.78, 5) is 0. The molecule has 1 fully saturated rings. The van der Waals surface area contributed by atoms with Crippen molar-refractivity contribution >= 4 is 0 Å². The molecule has 2 rings (SSSR count). The van der Waals surface area contributed by atoms with Crippen LogP contribution in [0.3, 0.4) is 0 Å². The first-order chi connectivity index (χ1) is 8.68. The van der Waals surface area contributed by atoms with Gasteiger partial charge >= 0.3 is 0 Å². The number of benzene rings is 1. The van der Waals surface area contributed by atoms with E-state index >= 15 is 0 Å². The zero-order valence-corrected chi connectivity index (χ0v) is 11.9. The van der Waals surface area contributed by atoms with E-state index in [0.29, 0.717) is 0 Å². The van der Waals surface area contributed by atoms with Crippen LogP contribution in [0, 0.1) is 5.92 Å². The highest BCUT2D eigenvalue weighted by molar-refractivity contribution is 5.30. The smallest absolute Gasteiger partial charge is 0.0412 e. The van der Waals surface area contributed by atoms with Crippen molar-refractivity contribution in [2.24, 2.45) is 11.7 Å². The summed E-state index contributed by atoms with van der Waals surface area (Å²) in [5.74, 6) is 0.818. The van der Waals surface area contributed by atoms with Crippen molar-refractivity contribution in [2.75, 3.05) is 0 Å². The van der Waals surface area contributed by atoms with Crippen molar-refractivity contribution in [3.8, 4) is 0 Å². The molecule has 1 saturated carbocycles. The highest BCUT2D eigenvalue weighted by atomic mass is 14.7. The van der Waals surface area contributed by atoms with E-state index in [1.54, 1.807) is 0 Å². The molecular formula is C17H27N. The minimum absolute atomic E-state index is 0.0668. The van der Waals surface area contributed by atoms with E-state index in [0.717, 1.165) is 12.3 Å². The van der Waals surface area contributed by atoms with Crippen molar-refractivity contribution in [1.29, 1.82) is 0 Å². The van der Waals surface area contributed by atoms with Crippen LogP contribution in [0.1, 0.15) is 63.5 Å². The van der Waals surface area contributed by atoms with Crippen LogP contribution in [0.2, 0.25) is 0 Å². The first-order valence-electron chi connectivity index (χ1n) is 7.56. The Morgan fingerprint density at radius 2 is 2.17 bits per heavy atom. The van der Waals surface area contributed by atoms with Gasteiger partial charge in [-0.15, -0.1) is 0 Å². The van der Waals surface area contributed by atoms with Gasteiger partial charge in [-0.2, -0.15) is 0 Å². The number of nitrogens with two attached hydrogens (primary N) is 1. The quantitative estimate of drug-likeness (QED) is 0.836. The lowest BCUT2D eigenvalue weighted by molar-refractivity contribution is 0.221. The molecule has 0 radical (unpaired) electrons. The molecule has 100 valence electrons. The van der Waals surface area contributed by atoms with E-state index in [4.69, 9.17) is 5.73 Å². The maximum atomic E-state index is 6.71. The van der Waals surface area contributed by atoms with Gasteiger partial charge in [-0.25, -0.2) is 0 Å². The molecule has 0 bridgehead atoms. The molecule has 18 heavy (non-hydrogen) atoms. The van der Waals surface area contributed by atoms with Crippen LogP contribution < -0.4 is 5.73 Å². The molecule has 2 N–H and O–H groups in total. The van der Waals surface area contributed by atoms with Crippen molar-refractivity contribution < 1.29 is 0 Å². The van der Waals surface area contributed by atoms with Crippen LogP contribution in [-0.2, 0) is 12.0 Å². The molecule has 1 nitrogen and oxygen atoms in total. The molecular weight excluding hydrogens is 218 g/mol. The summed E-state index contributed by atoms with van der Waals surface area (Å²) in [5, 5.41) is 0. The standard InChI is InChI=1S/C17H27N/c1-3-7-15-8-5-10-16(12-15)17(18)11-6-9-14(4-2)13-17/h5,8,10,12,14H,3-4,6-7,9,11,13,18H2,1-2H3. The fourth-order valence-electron chi connectivity index (χ4n) is 3.36. The normalized spacial score (nSPS) is 28.3. The molecule has 0 aromatic heterocycles. The monoisotopic (exact) mass is 245 g/mol. The summed E-state index contributed by atoms with van der Waals surface area (Å²) in [6.07, 6.45) is 8.61. The Hall–Kier alpha value is -0.820. The second kappa shape index (κ2) is 5.88. The van der Waals surface area contributed by atoms with E-state index in [1.165, 1.54) is 49.7 Å². The summed E-state index contributed by atoms with van der Waals surface area (Å²) in [6, 6.07) is 9.00. The molecule has 1 heteroatoms. The summed E-state index contributed by atoms with van der Waals surface area (Å²) in [6.45, 7) is 4.53. The predicted molar refractivity (Wildman–Crippen MR) is 78.6 cm³/mol. The third-order valence-corrected chi connectivity index (χ3v) is 4.51. The maximum absolute atomic E-state index is 6.71. The van der Waals surface area contributed by atoms with E-state index in [1.807, 2.05) is 0 Å². The number of hydrogen-bond acceptors (Lipinski definition) is 1. The average Bonchev–Trinajstić information content (AvgIpc) is 2.39. The predicted octanol–water partition coefficient (Wildman–Crippen LogP) is 4.39. The molecule has 0 heterocycles. The maximum Gasteiger partial charge on any atom is 0.0412 e. The Morgan fingerprint density at radius 1 is 1.33 bits per heavy atom. The average molecular weight is 245 g/mol. The Bertz CT molecular complexity index is 385. The Labute approximate surface area is 112 Å². The van der Waals surface area contributed by atoms with Gasteiger partial charge in [-0.05, 0) is 36.3 Å². The van der Waals surface area contributed by atoms with Gasteiger partial charge in [0, 0.05) is 5.54 Å². The zero-order chi connectivity index (χ0) is 13.0. The van der Waals surface area contributed by atoms with E-state index in [-0.39, 0.29) is 5.54 Å². The van der Waals surface area contributed by atoms with Crippen LogP contribution in [0.4, 0.5) is 0 Å².